The van der Waals surface area contributed by atoms with E-state index in [4.69, 9.17) is 24.7 Å². The molecule has 0 aliphatic carbocycles. The van der Waals surface area contributed by atoms with Gasteiger partial charge in [0.15, 0.2) is 16.6 Å². The van der Waals surface area contributed by atoms with Crippen LogP contribution in [0.4, 0.5) is 15.7 Å². The first-order chi connectivity index (χ1) is 17.5. The van der Waals surface area contributed by atoms with Crippen LogP contribution < -0.4 is 30.9 Å². The van der Waals surface area contributed by atoms with Gasteiger partial charge in [-0.3, -0.25) is 9.47 Å². The number of amides is 1. The summed E-state index contributed by atoms with van der Waals surface area (Å²) in [5.74, 6) is 1.89. The molecule has 1 fully saturated rings. The summed E-state index contributed by atoms with van der Waals surface area (Å²) in [6, 6.07) is 3.83. The summed E-state index contributed by atoms with van der Waals surface area (Å²) in [6.07, 6.45) is 0.0779. The van der Waals surface area contributed by atoms with Crippen molar-refractivity contribution in [1.29, 1.82) is 0 Å². The van der Waals surface area contributed by atoms with Gasteiger partial charge in [-0.1, -0.05) is 11.3 Å². The fourth-order valence-electron chi connectivity index (χ4n) is 4.32. The van der Waals surface area contributed by atoms with E-state index in [-0.39, 0.29) is 5.62 Å². The van der Waals surface area contributed by atoms with Crippen molar-refractivity contribution < 1.29 is 23.7 Å². The Hall–Kier alpha value is -3.42. The van der Waals surface area contributed by atoms with Crippen LogP contribution in [0.5, 0.6) is 16.6 Å². The number of thiazole rings is 1. The number of nitrogens with zero attached hydrogens (tertiary/aromatic N) is 5. The zero-order valence-corrected chi connectivity index (χ0v) is 21.1. The Morgan fingerprint density at radius 1 is 1.28 bits per heavy atom. The van der Waals surface area contributed by atoms with E-state index in [9.17, 15) is 4.79 Å². The lowest BCUT2D eigenvalue weighted by Crippen LogP contribution is -2.37. The number of benzene rings is 1. The number of rotatable bonds is 7. The lowest BCUT2D eigenvalue weighted by Gasteiger charge is -2.26. The lowest BCUT2D eigenvalue weighted by atomic mass is 10.2. The second-order valence-corrected chi connectivity index (χ2v) is 9.39. The van der Waals surface area contributed by atoms with Gasteiger partial charge in [-0.25, -0.2) is 14.8 Å². The molecular weight excluding hydrogens is 486 g/mol. The van der Waals surface area contributed by atoms with Crippen LogP contribution in [0.15, 0.2) is 17.1 Å². The van der Waals surface area contributed by atoms with Gasteiger partial charge < -0.3 is 30.0 Å². The molecule has 13 heteroatoms. The number of morpholine rings is 1. The second kappa shape index (κ2) is 10.7. The molecule has 2 aliphatic heterocycles. The summed E-state index contributed by atoms with van der Waals surface area (Å²) in [7, 11) is 1.58. The number of nitrogens with one attached hydrogen (secondary N) is 1. The van der Waals surface area contributed by atoms with Crippen molar-refractivity contribution in [2.24, 2.45) is 4.99 Å². The van der Waals surface area contributed by atoms with Crippen LogP contribution in [0.3, 0.4) is 0 Å². The number of carbonyl (C=O) groups excluding carboxylic acids is 1. The molecule has 0 spiro atoms. The van der Waals surface area contributed by atoms with Crippen molar-refractivity contribution in [2.45, 2.75) is 19.9 Å². The predicted octanol–water partition coefficient (Wildman–Crippen LogP) is 2.02. The first-order valence-corrected chi connectivity index (χ1v) is 12.6. The average Bonchev–Trinajstić information content (AvgIpc) is 3.48. The molecule has 0 radical (unpaired) electrons. The van der Waals surface area contributed by atoms with Crippen molar-refractivity contribution >= 4 is 39.3 Å². The number of anilines is 2. The summed E-state index contributed by atoms with van der Waals surface area (Å²) in [5, 5.41) is 4.84. The number of nitrogens with two attached hydrogens (primary N) is 1. The van der Waals surface area contributed by atoms with Gasteiger partial charge in [0.1, 0.15) is 11.3 Å². The number of nitrogen functional groups attached to an aromatic ring is 1. The van der Waals surface area contributed by atoms with E-state index in [1.165, 1.54) is 0 Å². The van der Waals surface area contributed by atoms with Crippen molar-refractivity contribution in [2.75, 3.05) is 64.2 Å². The number of aromatic nitrogens is 3. The number of fused-ring (bicyclic) bond motifs is 3. The van der Waals surface area contributed by atoms with Crippen LogP contribution in [-0.4, -0.2) is 78.6 Å². The Labute approximate surface area is 211 Å². The van der Waals surface area contributed by atoms with Gasteiger partial charge in [0, 0.05) is 38.1 Å². The topological polar surface area (TPSA) is 138 Å². The fraction of sp³-hybridized carbons (Fsp3) is 0.478. The van der Waals surface area contributed by atoms with E-state index in [0.717, 1.165) is 61.8 Å². The second-order valence-electron chi connectivity index (χ2n) is 8.39. The number of aryl methyl sites for hydroxylation is 1. The highest BCUT2D eigenvalue weighted by molar-refractivity contribution is 7.17. The normalized spacial score (nSPS) is 16.1. The van der Waals surface area contributed by atoms with Gasteiger partial charge in [-0.2, -0.15) is 0 Å². The minimum absolute atomic E-state index is 0.213. The van der Waals surface area contributed by atoms with Gasteiger partial charge in [-0.05, 0) is 25.5 Å². The van der Waals surface area contributed by atoms with Gasteiger partial charge in [-0.15, -0.1) is 4.99 Å². The highest BCUT2D eigenvalue weighted by Gasteiger charge is 2.21. The van der Waals surface area contributed by atoms with Crippen molar-refractivity contribution in [3.8, 4) is 16.6 Å². The molecule has 192 valence electrons. The van der Waals surface area contributed by atoms with Gasteiger partial charge >= 0.3 is 6.09 Å². The quantitative estimate of drug-likeness (QED) is 0.449. The number of carbonyl (C=O) groups is 1. The molecule has 0 unspecified atom stereocenters. The van der Waals surface area contributed by atoms with E-state index in [0.29, 0.717) is 52.6 Å². The molecule has 4 heterocycles. The molecule has 2 aromatic heterocycles. The van der Waals surface area contributed by atoms with E-state index in [2.05, 4.69) is 25.2 Å². The molecule has 1 amide bonds. The maximum Gasteiger partial charge on any atom is 0.443 e. The molecule has 0 bridgehead atoms. The van der Waals surface area contributed by atoms with Gasteiger partial charge in [0.05, 0.1) is 32.6 Å². The number of hydrogen-bond donors (Lipinski definition) is 2. The minimum Gasteiger partial charge on any atom is -0.491 e. The number of hydrogen-bond acceptors (Lipinski definition) is 11. The molecule has 2 aliphatic rings. The standard InChI is InChI=1S/C23H29N7O5S/c1-14-20(36-21(24)26-14)35-23(31)28-22-27-17-15(19-25-6-8-30(19)22)4-5-16(18(17)32-2)34-11-3-7-29-9-12-33-13-10-29/h4-5,25H,3,6-13H2,1-2H3,(H2,24,26). The van der Waals surface area contributed by atoms with Crippen LogP contribution >= 0.6 is 11.3 Å². The zero-order chi connectivity index (χ0) is 25.1. The van der Waals surface area contributed by atoms with Crippen LogP contribution in [-0.2, 0) is 11.3 Å². The molecule has 3 N–H and O–H groups in total. The monoisotopic (exact) mass is 515 g/mol. The summed E-state index contributed by atoms with van der Waals surface area (Å²) in [4.78, 5) is 27.9. The number of methoxy groups -OCH3 is 1. The molecule has 12 nitrogen and oxygen atoms in total. The third-order valence-corrected chi connectivity index (χ3v) is 6.89. The summed E-state index contributed by atoms with van der Waals surface area (Å²) in [6.45, 7) is 7.95. The molecule has 0 atom stereocenters. The van der Waals surface area contributed by atoms with Crippen LogP contribution in [0.25, 0.3) is 10.9 Å². The fourth-order valence-corrected chi connectivity index (χ4v) is 5.00. The minimum atomic E-state index is -0.801. The largest absolute Gasteiger partial charge is 0.491 e. The Bertz CT molecular complexity index is 1330. The van der Waals surface area contributed by atoms with E-state index >= 15 is 0 Å². The van der Waals surface area contributed by atoms with Gasteiger partial charge in [0.2, 0.25) is 10.7 Å². The molecule has 36 heavy (non-hydrogen) atoms. The number of ether oxygens (including phenoxy) is 4. The van der Waals surface area contributed by atoms with Crippen molar-refractivity contribution in [1.82, 2.24) is 19.4 Å². The van der Waals surface area contributed by atoms with E-state index in [1.807, 2.05) is 16.7 Å². The van der Waals surface area contributed by atoms with Crippen molar-refractivity contribution in [3.63, 3.8) is 0 Å². The summed E-state index contributed by atoms with van der Waals surface area (Å²) in [5.41, 5.74) is 6.99. The summed E-state index contributed by atoms with van der Waals surface area (Å²) >= 11 is 1.09. The lowest BCUT2D eigenvalue weighted by molar-refractivity contribution is 0.0357. The Kier molecular flexibility index (Phi) is 7.20. The molecular formula is C23H29N7O5S. The average molecular weight is 516 g/mol. The predicted molar refractivity (Wildman–Crippen MR) is 135 cm³/mol. The zero-order valence-electron chi connectivity index (χ0n) is 20.3. The highest BCUT2D eigenvalue weighted by Crippen LogP contribution is 2.37. The van der Waals surface area contributed by atoms with E-state index < -0.39 is 6.09 Å². The Morgan fingerprint density at radius 3 is 2.86 bits per heavy atom. The highest BCUT2D eigenvalue weighted by atomic mass is 32.1. The van der Waals surface area contributed by atoms with Crippen molar-refractivity contribution in [3.05, 3.63) is 23.4 Å². The molecule has 1 saturated heterocycles. The van der Waals surface area contributed by atoms with Crippen LogP contribution in [0.2, 0.25) is 0 Å². The Morgan fingerprint density at radius 2 is 2.11 bits per heavy atom. The third kappa shape index (κ3) is 5.08. The van der Waals surface area contributed by atoms with Gasteiger partial charge in [0.25, 0.3) is 0 Å². The van der Waals surface area contributed by atoms with Crippen LogP contribution in [0, 0.1) is 6.92 Å². The molecule has 3 aromatic rings. The molecule has 5 rings (SSSR count). The first kappa shape index (κ1) is 24.3. The SMILES string of the molecule is COc1c(OCCCN2CCOCC2)ccc2c3n(c(=NC(=O)Oc4sc(N)nc4C)nc12)CCN3. The third-order valence-electron chi connectivity index (χ3n) is 6.03. The smallest absolute Gasteiger partial charge is 0.443 e. The molecule has 1 aromatic carbocycles. The van der Waals surface area contributed by atoms with Crippen LogP contribution in [0.1, 0.15) is 12.1 Å². The molecule has 0 saturated carbocycles. The Balaban J connectivity index is 1.41. The summed E-state index contributed by atoms with van der Waals surface area (Å²) < 4.78 is 24.4. The maximum absolute atomic E-state index is 12.6. The first-order valence-electron chi connectivity index (χ1n) is 11.8. The maximum atomic E-state index is 12.6. The van der Waals surface area contributed by atoms with E-state index in [1.54, 1.807) is 14.0 Å².